The Kier molecular flexibility index (Phi) is 6.98. The second kappa shape index (κ2) is 9.64. The highest BCUT2D eigenvalue weighted by molar-refractivity contribution is 5.83. The minimum absolute atomic E-state index is 0.369. The Balaban J connectivity index is 1.53. The van der Waals surface area contributed by atoms with Crippen molar-refractivity contribution in [2.45, 2.75) is 59.3 Å². The molecule has 2 unspecified atom stereocenters. The van der Waals surface area contributed by atoms with Crippen LogP contribution in [0.5, 0.6) is 0 Å². The Bertz CT molecular complexity index is 839. The molecule has 0 bridgehead atoms. The van der Waals surface area contributed by atoms with Crippen molar-refractivity contribution in [1.29, 1.82) is 0 Å². The number of nitrogens with zero attached hydrogens (tertiary/aromatic N) is 2. The summed E-state index contributed by atoms with van der Waals surface area (Å²) < 4.78 is 0. The normalized spacial score (nSPS) is 15.4. The molecular formula is C25H30N2O. The van der Waals surface area contributed by atoms with Crippen LogP contribution in [0.25, 0.3) is 0 Å². The van der Waals surface area contributed by atoms with Gasteiger partial charge in [0.2, 0.25) is 0 Å². The van der Waals surface area contributed by atoms with Crippen molar-refractivity contribution >= 4 is 5.78 Å². The van der Waals surface area contributed by atoms with Gasteiger partial charge in [-0.25, -0.2) is 9.97 Å². The number of rotatable bonds is 8. The van der Waals surface area contributed by atoms with Gasteiger partial charge in [-0.15, -0.1) is 0 Å². The summed E-state index contributed by atoms with van der Waals surface area (Å²) in [5, 5.41) is 0. The Morgan fingerprint density at radius 1 is 1.00 bits per heavy atom. The summed E-state index contributed by atoms with van der Waals surface area (Å²) in [5.41, 5.74) is 3.08. The molecule has 0 radical (unpaired) electrons. The third-order valence-corrected chi connectivity index (χ3v) is 5.40. The molecule has 3 rings (SSSR count). The Labute approximate surface area is 169 Å². The lowest BCUT2D eigenvalue weighted by molar-refractivity contribution is -0.121. The topological polar surface area (TPSA) is 42.9 Å². The van der Waals surface area contributed by atoms with E-state index < -0.39 is 0 Å². The third-order valence-electron chi connectivity index (χ3n) is 5.40. The Morgan fingerprint density at radius 2 is 1.64 bits per heavy atom. The van der Waals surface area contributed by atoms with E-state index in [0.717, 1.165) is 49.1 Å². The number of Topliss-reactive ketones (excluding diaryl/α,β-unsaturated/α-hetero) is 1. The second-order valence-corrected chi connectivity index (χ2v) is 8.31. The van der Waals surface area contributed by atoms with Crippen molar-refractivity contribution in [2.75, 3.05) is 0 Å². The second-order valence-electron chi connectivity index (χ2n) is 8.31. The van der Waals surface area contributed by atoms with Crippen LogP contribution in [-0.2, 0) is 17.6 Å². The van der Waals surface area contributed by atoms with E-state index >= 15 is 0 Å². The Hall–Kier alpha value is -2.47. The highest BCUT2D eigenvalue weighted by Gasteiger charge is 2.29. The van der Waals surface area contributed by atoms with Gasteiger partial charge in [0.05, 0.1) is 5.56 Å². The van der Waals surface area contributed by atoms with Gasteiger partial charge in [0.1, 0.15) is 11.6 Å². The molecule has 1 saturated carbocycles. The van der Waals surface area contributed by atoms with Crippen molar-refractivity contribution in [3.05, 3.63) is 59.2 Å². The van der Waals surface area contributed by atoms with Crippen LogP contribution in [0.2, 0.25) is 0 Å². The van der Waals surface area contributed by atoms with Gasteiger partial charge in [-0.05, 0) is 48.8 Å². The number of aromatic nitrogens is 2. The SMILES string of the molecule is CCC(C)Cc1ncc(C#Cc2ccc(CC(C)CC(=O)C3CC3)cc2)cn1. The molecule has 3 heteroatoms. The lowest BCUT2D eigenvalue weighted by Gasteiger charge is -2.10. The molecule has 1 aliphatic carbocycles. The highest BCUT2D eigenvalue weighted by atomic mass is 16.1. The summed E-state index contributed by atoms with van der Waals surface area (Å²) in [4.78, 5) is 20.8. The first-order valence-corrected chi connectivity index (χ1v) is 10.5. The average Bonchev–Trinajstić information content (AvgIpc) is 3.54. The zero-order valence-corrected chi connectivity index (χ0v) is 17.2. The molecule has 0 saturated heterocycles. The first-order chi connectivity index (χ1) is 13.5. The van der Waals surface area contributed by atoms with E-state index in [2.05, 4.69) is 66.8 Å². The van der Waals surface area contributed by atoms with Crippen LogP contribution in [0, 0.1) is 29.6 Å². The minimum Gasteiger partial charge on any atom is -0.299 e. The monoisotopic (exact) mass is 374 g/mol. The van der Waals surface area contributed by atoms with Gasteiger partial charge in [-0.1, -0.05) is 51.2 Å². The zero-order chi connectivity index (χ0) is 19.9. The molecule has 1 aromatic heterocycles. The van der Waals surface area contributed by atoms with Crippen LogP contribution in [-0.4, -0.2) is 15.8 Å². The fourth-order valence-corrected chi connectivity index (χ4v) is 3.24. The lowest BCUT2D eigenvalue weighted by atomic mass is 9.94. The van der Waals surface area contributed by atoms with E-state index in [4.69, 9.17) is 0 Å². The standard InChI is InChI=1S/C25H30N2O/c1-4-18(2)15-25-26-16-22(17-27-25)10-7-20-5-8-21(9-6-20)13-19(3)14-24(28)23-11-12-23/h5-6,8-9,16-19,23H,4,11-15H2,1-3H3. The van der Waals surface area contributed by atoms with E-state index in [1.165, 1.54) is 5.56 Å². The minimum atomic E-state index is 0.369. The van der Waals surface area contributed by atoms with Crippen molar-refractivity contribution in [3.63, 3.8) is 0 Å². The van der Waals surface area contributed by atoms with Crippen LogP contribution in [0.1, 0.15) is 69.0 Å². The maximum Gasteiger partial charge on any atom is 0.136 e. The quantitative estimate of drug-likeness (QED) is 0.610. The van der Waals surface area contributed by atoms with E-state index in [-0.39, 0.29) is 0 Å². The average molecular weight is 375 g/mol. The molecule has 0 aliphatic heterocycles. The number of carbonyl (C=O) groups excluding carboxylic acids is 1. The Morgan fingerprint density at radius 3 is 2.25 bits per heavy atom. The molecular weight excluding hydrogens is 344 g/mol. The number of hydrogen-bond donors (Lipinski definition) is 0. The van der Waals surface area contributed by atoms with Crippen molar-refractivity contribution in [1.82, 2.24) is 9.97 Å². The maximum atomic E-state index is 11.9. The first kappa shape index (κ1) is 20.3. The van der Waals surface area contributed by atoms with Gasteiger partial charge in [0.25, 0.3) is 0 Å². The lowest BCUT2D eigenvalue weighted by Crippen LogP contribution is -2.09. The summed E-state index contributed by atoms with van der Waals surface area (Å²) in [5.74, 6) is 9.03. The van der Waals surface area contributed by atoms with Gasteiger partial charge in [0, 0.05) is 36.7 Å². The summed E-state index contributed by atoms with van der Waals surface area (Å²) in [6, 6.07) is 8.34. The van der Waals surface area contributed by atoms with Crippen LogP contribution in [0.3, 0.4) is 0 Å². The summed E-state index contributed by atoms with van der Waals surface area (Å²) >= 11 is 0. The molecule has 28 heavy (non-hydrogen) atoms. The van der Waals surface area contributed by atoms with Crippen LogP contribution >= 0.6 is 0 Å². The van der Waals surface area contributed by atoms with E-state index in [1.807, 2.05) is 12.4 Å². The van der Waals surface area contributed by atoms with Crippen molar-refractivity contribution < 1.29 is 4.79 Å². The fraction of sp³-hybridized carbons (Fsp3) is 0.480. The molecule has 1 aromatic carbocycles. The molecule has 1 fully saturated rings. The maximum absolute atomic E-state index is 11.9. The van der Waals surface area contributed by atoms with E-state index in [9.17, 15) is 4.79 Å². The highest BCUT2D eigenvalue weighted by Crippen LogP contribution is 2.32. The van der Waals surface area contributed by atoms with E-state index in [1.54, 1.807) is 0 Å². The summed E-state index contributed by atoms with van der Waals surface area (Å²) in [6.45, 7) is 6.57. The molecule has 1 aliphatic rings. The molecule has 1 heterocycles. The molecule has 0 spiro atoms. The fourth-order valence-electron chi connectivity index (χ4n) is 3.24. The third kappa shape index (κ3) is 6.30. The number of hydrogen-bond acceptors (Lipinski definition) is 3. The molecule has 0 N–H and O–H groups in total. The van der Waals surface area contributed by atoms with Crippen molar-refractivity contribution in [3.8, 4) is 11.8 Å². The van der Waals surface area contributed by atoms with Crippen LogP contribution < -0.4 is 0 Å². The van der Waals surface area contributed by atoms with Crippen LogP contribution in [0.4, 0.5) is 0 Å². The predicted molar refractivity (Wildman–Crippen MR) is 113 cm³/mol. The van der Waals surface area contributed by atoms with Gasteiger partial charge in [-0.2, -0.15) is 0 Å². The predicted octanol–water partition coefficient (Wildman–Crippen LogP) is 5.01. The largest absolute Gasteiger partial charge is 0.299 e. The number of benzene rings is 1. The smallest absolute Gasteiger partial charge is 0.136 e. The molecule has 3 nitrogen and oxygen atoms in total. The zero-order valence-electron chi connectivity index (χ0n) is 17.2. The number of ketones is 1. The van der Waals surface area contributed by atoms with Gasteiger partial charge < -0.3 is 0 Å². The molecule has 2 atom stereocenters. The number of carbonyl (C=O) groups is 1. The van der Waals surface area contributed by atoms with Crippen molar-refractivity contribution in [2.24, 2.45) is 17.8 Å². The first-order valence-electron chi connectivity index (χ1n) is 10.5. The molecule has 0 amide bonds. The summed E-state index contributed by atoms with van der Waals surface area (Å²) in [6.07, 6.45) is 9.52. The molecule has 146 valence electrons. The van der Waals surface area contributed by atoms with Gasteiger partial charge in [0.15, 0.2) is 0 Å². The molecule has 2 aromatic rings. The van der Waals surface area contributed by atoms with E-state index in [0.29, 0.717) is 30.0 Å². The van der Waals surface area contributed by atoms with Gasteiger partial charge >= 0.3 is 0 Å². The van der Waals surface area contributed by atoms with Gasteiger partial charge in [-0.3, -0.25) is 4.79 Å². The van der Waals surface area contributed by atoms with Crippen LogP contribution in [0.15, 0.2) is 36.7 Å². The summed E-state index contributed by atoms with van der Waals surface area (Å²) in [7, 11) is 0.